The van der Waals surface area contributed by atoms with E-state index in [9.17, 15) is 5.11 Å². The van der Waals surface area contributed by atoms with Gasteiger partial charge in [0.1, 0.15) is 0 Å². The molecule has 3 nitrogen and oxygen atoms in total. The van der Waals surface area contributed by atoms with E-state index in [0.717, 1.165) is 29.4 Å². The van der Waals surface area contributed by atoms with Crippen molar-refractivity contribution in [2.24, 2.45) is 0 Å². The fourth-order valence-corrected chi connectivity index (χ4v) is 2.71. The Hall–Kier alpha value is -0.740. The summed E-state index contributed by atoms with van der Waals surface area (Å²) in [5, 5.41) is 13.6. The topological polar surface area (TPSA) is 41.5 Å². The normalized spacial score (nSPS) is 24.7. The summed E-state index contributed by atoms with van der Waals surface area (Å²) in [7, 11) is 1.57. The molecule has 1 saturated heterocycles. The molecule has 1 unspecified atom stereocenters. The maximum absolute atomic E-state index is 10.2. The summed E-state index contributed by atoms with van der Waals surface area (Å²) < 4.78 is 6.09. The lowest BCUT2D eigenvalue weighted by atomic mass is 9.89. The summed E-state index contributed by atoms with van der Waals surface area (Å²) in [6, 6.07) is 3.73. The first-order valence-electron chi connectivity index (χ1n) is 5.39. The Bertz CT molecular complexity index is 400. The summed E-state index contributed by atoms with van der Waals surface area (Å²) in [5.41, 5.74) is 0.748. The van der Waals surface area contributed by atoms with Gasteiger partial charge in [-0.2, -0.15) is 0 Å². The highest BCUT2D eigenvalue weighted by Crippen LogP contribution is 2.42. The van der Waals surface area contributed by atoms with Gasteiger partial charge in [-0.15, -0.1) is 0 Å². The molecule has 1 fully saturated rings. The van der Waals surface area contributed by atoms with Crippen molar-refractivity contribution in [3.63, 3.8) is 0 Å². The van der Waals surface area contributed by atoms with Crippen molar-refractivity contribution < 1.29 is 9.84 Å². The molecule has 1 aromatic carbocycles. The second kappa shape index (κ2) is 4.26. The lowest BCUT2D eigenvalue weighted by molar-refractivity contribution is 0.350. The number of hydrogen-bond donors (Lipinski definition) is 2. The van der Waals surface area contributed by atoms with Gasteiger partial charge in [0.2, 0.25) is 0 Å². The van der Waals surface area contributed by atoms with Crippen LogP contribution in [0.4, 0.5) is 0 Å². The van der Waals surface area contributed by atoms with Gasteiger partial charge in [0.25, 0.3) is 0 Å². The van der Waals surface area contributed by atoms with E-state index in [2.05, 4.69) is 28.2 Å². The number of hydrogen-bond acceptors (Lipinski definition) is 3. The predicted octanol–water partition coefficient (Wildman–Crippen LogP) is 2.76. The first-order valence-corrected chi connectivity index (χ1v) is 6.18. The number of aromatic hydroxyl groups is 1. The minimum Gasteiger partial charge on any atom is -0.504 e. The summed E-state index contributed by atoms with van der Waals surface area (Å²) in [4.78, 5) is 0. The number of halogens is 1. The van der Waals surface area contributed by atoms with Crippen LogP contribution in [0.3, 0.4) is 0 Å². The molecule has 88 valence electrons. The Kier molecular flexibility index (Phi) is 3.13. The highest BCUT2D eigenvalue weighted by atomic mass is 79.9. The highest BCUT2D eigenvalue weighted by molar-refractivity contribution is 9.10. The van der Waals surface area contributed by atoms with Gasteiger partial charge >= 0.3 is 0 Å². The summed E-state index contributed by atoms with van der Waals surface area (Å²) >= 11 is 3.44. The van der Waals surface area contributed by atoms with Crippen molar-refractivity contribution in [3.8, 4) is 11.5 Å². The Labute approximate surface area is 104 Å². The maximum Gasteiger partial charge on any atom is 0.162 e. The molecule has 16 heavy (non-hydrogen) atoms. The van der Waals surface area contributed by atoms with Crippen LogP contribution in [-0.2, 0) is 5.54 Å². The van der Waals surface area contributed by atoms with Crippen LogP contribution >= 0.6 is 15.9 Å². The van der Waals surface area contributed by atoms with Gasteiger partial charge < -0.3 is 15.2 Å². The molecule has 2 N–H and O–H groups in total. The van der Waals surface area contributed by atoms with Crippen molar-refractivity contribution in [1.82, 2.24) is 5.32 Å². The number of rotatable bonds is 2. The number of phenols is 1. The first-order chi connectivity index (χ1) is 7.57. The minimum absolute atomic E-state index is 0.152. The molecule has 4 heteroatoms. The third-order valence-electron chi connectivity index (χ3n) is 3.22. The molecule has 0 aromatic heterocycles. The molecule has 1 atom stereocenters. The van der Waals surface area contributed by atoms with Crippen molar-refractivity contribution in [1.29, 1.82) is 0 Å². The van der Waals surface area contributed by atoms with Crippen molar-refractivity contribution in [3.05, 3.63) is 22.2 Å². The highest BCUT2D eigenvalue weighted by Gasteiger charge is 2.33. The largest absolute Gasteiger partial charge is 0.504 e. The molecular weight excluding hydrogens is 270 g/mol. The van der Waals surface area contributed by atoms with Gasteiger partial charge in [-0.1, -0.05) is 15.9 Å². The predicted molar refractivity (Wildman–Crippen MR) is 66.9 cm³/mol. The molecule has 1 heterocycles. The van der Waals surface area contributed by atoms with Gasteiger partial charge in [0.15, 0.2) is 11.5 Å². The molecule has 1 aromatic rings. The quantitative estimate of drug-likeness (QED) is 0.878. The van der Waals surface area contributed by atoms with Gasteiger partial charge in [0.05, 0.1) is 7.11 Å². The molecule has 0 saturated carbocycles. The van der Waals surface area contributed by atoms with E-state index in [1.54, 1.807) is 13.2 Å². The molecule has 2 rings (SSSR count). The van der Waals surface area contributed by atoms with Gasteiger partial charge in [-0.3, -0.25) is 0 Å². The van der Waals surface area contributed by atoms with Crippen LogP contribution in [-0.4, -0.2) is 18.8 Å². The monoisotopic (exact) mass is 285 g/mol. The molecule has 1 aliphatic rings. The van der Waals surface area contributed by atoms with Crippen molar-refractivity contribution in [2.45, 2.75) is 25.3 Å². The van der Waals surface area contributed by atoms with Gasteiger partial charge in [-0.25, -0.2) is 0 Å². The Morgan fingerprint density at radius 1 is 1.50 bits per heavy atom. The lowest BCUT2D eigenvalue weighted by Gasteiger charge is -2.26. The van der Waals surface area contributed by atoms with Crippen molar-refractivity contribution >= 4 is 15.9 Å². The summed E-state index contributed by atoms with van der Waals surface area (Å²) in [6.45, 7) is 3.10. The lowest BCUT2D eigenvalue weighted by Crippen LogP contribution is -2.33. The first kappa shape index (κ1) is 11.7. The fourth-order valence-electron chi connectivity index (χ4n) is 2.27. The Balaban J connectivity index is 2.51. The number of benzene rings is 1. The zero-order chi connectivity index (χ0) is 11.8. The van der Waals surface area contributed by atoms with E-state index in [0.29, 0.717) is 5.75 Å². The van der Waals surface area contributed by atoms with E-state index in [-0.39, 0.29) is 11.3 Å². The standard InChI is InChI=1S/C12H16BrNO2/c1-12(4-3-5-14-12)9-6-8(13)7-10(16-2)11(9)15/h6-7,14-15H,3-5H2,1-2H3. The fraction of sp³-hybridized carbons (Fsp3) is 0.500. The van der Waals surface area contributed by atoms with E-state index < -0.39 is 0 Å². The maximum atomic E-state index is 10.2. The number of phenolic OH excluding ortho intramolecular Hbond substituents is 1. The third kappa shape index (κ3) is 1.92. The average molecular weight is 286 g/mol. The smallest absolute Gasteiger partial charge is 0.162 e. The molecule has 0 spiro atoms. The summed E-state index contributed by atoms with van der Waals surface area (Å²) in [5.74, 6) is 0.752. The SMILES string of the molecule is COc1cc(Br)cc(C2(C)CCCN2)c1O. The second-order valence-corrected chi connectivity index (χ2v) is 5.28. The number of ether oxygens (including phenoxy) is 1. The zero-order valence-corrected chi connectivity index (χ0v) is 11.1. The van der Waals surface area contributed by atoms with E-state index in [4.69, 9.17) is 4.74 Å². The van der Waals surface area contributed by atoms with E-state index >= 15 is 0 Å². The van der Waals surface area contributed by atoms with E-state index in [1.165, 1.54) is 0 Å². The molecule has 0 radical (unpaired) electrons. The molecular formula is C12H16BrNO2. The summed E-state index contributed by atoms with van der Waals surface area (Å²) in [6.07, 6.45) is 2.16. The molecule has 1 aliphatic heterocycles. The van der Waals surface area contributed by atoms with Crippen LogP contribution in [0.15, 0.2) is 16.6 Å². The van der Waals surface area contributed by atoms with Crippen LogP contribution in [0.5, 0.6) is 11.5 Å². The van der Waals surface area contributed by atoms with Crippen LogP contribution < -0.4 is 10.1 Å². The third-order valence-corrected chi connectivity index (χ3v) is 3.68. The van der Waals surface area contributed by atoms with Crippen LogP contribution in [0, 0.1) is 0 Å². The minimum atomic E-state index is -0.152. The van der Waals surface area contributed by atoms with Gasteiger partial charge in [-0.05, 0) is 38.4 Å². The second-order valence-electron chi connectivity index (χ2n) is 4.37. The molecule has 0 aliphatic carbocycles. The molecule has 0 bridgehead atoms. The Morgan fingerprint density at radius 2 is 2.25 bits per heavy atom. The molecule has 0 amide bonds. The van der Waals surface area contributed by atoms with Crippen LogP contribution in [0.1, 0.15) is 25.3 Å². The van der Waals surface area contributed by atoms with Crippen LogP contribution in [0.25, 0.3) is 0 Å². The van der Waals surface area contributed by atoms with Gasteiger partial charge in [0, 0.05) is 15.6 Å². The van der Waals surface area contributed by atoms with E-state index in [1.807, 2.05) is 6.07 Å². The average Bonchev–Trinajstić information content (AvgIpc) is 2.69. The Morgan fingerprint density at radius 3 is 2.81 bits per heavy atom. The number of nitrogens with one attached hydrogen (secondary N) is 1. The van der Waals surface area contributed by atoms with Crippen molar-refractivity contribution in [2.75, 3.05) is 13.7 Å². The number of methoxy groups -OCH3 is 1. The van der Waals surface area contributed by atoms with Crippen LogP contribution in [0.2, 0.25) is 0 Å². The zero-order valence-electron chi connectivity index (χ0n) is 9.51.